The fourth-order valence-electron chi connectivity index (χ4n) is 1.49. The van der Waals surface area contributed by atoms with E-state index in [0.29, 0.717) is 11.4 Å². The molecule has 78 valence electrons. The predicted molar refractivity (Wildman–Crippen MR) is 58.6 cm³/mol. The van der Waals surface area contributed by atoms with Crippen molar-refractivity contribution in [3.8, 4) is 11.9 Å². The maximum absolute atomic E-state index is 8.91. The predicted octanol–water partition coefficient (Wildman–Crippen LogP) is 1.46. The van der Waals surface area contributed by atoms with Crippen LogP contribution in [0.4, 0.5) is 0 Å². The SMILES string of the molecule is N#Cc1cc(Br)cnc1O[C@@H]1CCNC1. The average molecular weight is 268 g/mol. The number of rotatable bonds is 2. The Hall–Kier alpha value is -1.12. The van der Waals surface area contributed by atoms with Crippen LogP contribution in [-0.4, -0.2) is 24.2 Å². The van der Waals surface area contributed by atoms with Crippen LogP contribution in [0, 0.1) is 11.3 Å². The molecule has 15 heavy (non-hydrogen) atoms. The summed E-state index contributed by atoms with van der Waals surface area (Å²) < 4.78 is 6.42. The molecular weight excluding hydrogens is 258 g/mol. The molecule has 0 bridgehead atoms. The number of pyridine rings is 1. The Morgan fingerprint density at radius 2 is 2.53 bits per heavy atom. The third-order valence-electron chi connectivity index (χ3n) is 2.23. The quantitative estimate of drug-likeness (QED) is 0.882. The van der Waals surface area contributed by atoms with Gasteiger partial charge in [-0.1, -0.05) is 0 Å². The Bertz CT molecular complexity index is 396. The number of ether oxygens (including phenoxy) is 1. The molecule has 0 saturated carbocycles. The third-order valence-corrected chi connectivity index (χ3v) is 2.67. The minimum atomic E-state index is 0.130. The van der Waals surface area contributed by atoms with Crippen LogP contribution in [-0.2, 0) is 0 Å². The van der Waals surface area contributed by atoms with Crippen molar-refractivity contribution in [1.82, 2.24) is 10.3 Å². The Morgan fingerprint density at radius 1 is 1.67 bits per heavy atom. The standard InChI is InChI=1S/C10H10BrN3O/c11-8-3-7(4-12)10(14-5-8)15-9-1-2-13-6-9/h3,5,9,13H,1-2,6H2/t9-/m1/s1. The van der Waals surface area contributed by atoms with Crippen molar-refractivity contribution >= 4 is 15.9 Å². The molecule has 0 aliphatic carbocycles. The highest BCUT2D eigenvalue weighted by Gasteiger charge is 2.18. The molecule has 0 aromatic carbocycles. The van der Waals surface area contributed by atoms with Gasteiger partial charge in [0.25, 0.3) is 0 Å². The van der Waals surface area contributed by atoms with Crippen molar-refractivity contribution in [3.63, 3.8) is 0 Å². The van der Waals surface area contributed by atoms with Gasteiger partial charge in [0.15, 0.2) is 0 Å². The normalized spacial score (nSPS) is 19.9. The van der Waals surface area contributed by atoms with E-state index >= 15 is 0 Å². The molecule has 0 amide bonds. The molecule has 1 aliphatic rings. The van der Waals surface area contributed by atoms with Crippen molar-refractivity contribution in [2.24, 2.45) is 0 Å². The molecule has 1 atom stereocenters. The lowest BCUT2D eigenvalue weighted by molar-refractivity contribution is 0.213. The van der Waals surface area contributed by atoms with Crippen LogP contribution in [0.5, 0.6) is 5.88 Å². The molecular formula is C10H10BrN3O. The van der Waals surface area contributed by atoms with Crippen molar-refractivity contribution in [2.45, 2.75) is 12.5 Å². The first-order chi connectivity index (χ1) is 7.29. The summed E-state index contributed by atoms with van der Waals surface area (Å²) in [4.78, 5) is 4.09. The van der Waals surface area contributed by atoms with Crippen LogP contribution in [0.2, 0.25) is 0 Å². The highest BCUT2D eigenvalue weighted by Crippen LogP contribution is 2.21. The number of hydrogen-bond acceptors (Lipinski definition) is 4. The topological polar surface area (TPSA) is 57.9 Å². The number of halogens is 1. The number of nitriles is 1. The largest absolute Gasteiger partial charge is 0.472 e. The van der Waals surface area contributed by atoms with E-state index in [9.17, 15) is 0 Å². The number of hydrogen-bond donors (Lipinski definition) is 1. The second kappa shape index (κ2) is 4.60. The third kappa shape index (κ3) is 2.46. The Labute approximate surface area is 96.4 Å². The van der Waals surface area contributed by atoms with E-state index in [2.05, 4.69) is 32.3 Å². The first-order valence-corrected chi connectivity index (χ1v) is 5.52. The van der Waals surface area contributed by atoms with E-state index in [-0.39, 0.29) is 6.10 Å². The monoisotopic (exact) mass is 267 g/mol. The number of aromatic nitrogens is 1. The van der Waals surface area contributed by atoms with E-state index < -0.39 is 0 Å². The molecule has 1 aliphatic heterocycles. The summed E-state index contributed by atoms with van der Waals surface area (Å²) in [7, 11) is 0. The van der Waals surface area contributed by atoms with Gasteiger partial charge < -0.3 is 10.1 Å². The van der Waals surface area contributed by atoms with Crippen molar-refractivity contribution < 1.29 is 4.74 Å². The van der Waals surface area contributed by atoms with Crippen LogP contribution >= 0.6 is 15.9 Å². The summed E-state index contributed by atoms with van der Waals surface area (Å²) in [6.07, 6.45) is 2.73. The van der Waals surface area contributed by atoms with Gasteiger partial charge in [0.2, 0.25) is 5.88 Å². The fourth-order valence-corrected chi connectivity index (χ4v) is 1.82. The second-order valence-electron chi connectivity index (χ2n) is 3.35. The zero-order valence-corrected chi connectivity index (χ0v) is 9.62. The lowest BCUT2D eigenvalue weighted by Gasteiger charge is -2.12. The first-order valence-electron chi connectivity index (χ1n) is 4.72. The molecule has 4 nitrogen and oxygen atoms in total. The van der Waals surface area contributed by atoms with Gasteiger partial charge in [-0.05, 0) is 35.0 Å². The van der Waals surface area contributed by atoms with Gasteiger partial charge >= 0.3 is 0 Å². The summed E-state index contributed by atoms with van der Waals surface area (Å²) in [5.74, 6) is 0.425. The lowest BCUT2D eigenvalue weighted by atomic mass is 10.3. The zero-order chi connectivity index (χ0) is 10.7. The van der Waals surface area contributed by atoms with Gasteiger partial charge in [0, 0.05) is 17.2 Å². The average Bonchev–Trinajstić information content (AvgIpc) is 2.73. The number of nitrogens with one attached hydrogen (secondary N) is 1. The molecule has 0 spiro atoms. The van der Waals surface area contributed by atoms with Gasteiger partial charge in [-0.15, -0.1) is 0 Å². The molecule has 1 fully saturated rings. The van der Waals surface area contributed by atoms with Crippen molar-refractivity contribution in [1.29, 1.82) is 5.26 Å². The number of nitrogens with zero attached hydrogens (tertiary/aromatic N) is 2. The minimum absolute atomic E-state index is 0.130. The molecule has 5 heteroatoms. The summed E-state index contributed by atoms with van der Waals surface area (Å²) >= 11 is 3.27. The summed E-state index contributed by atoms with van der Waals surface area (Å²) in [6.45, 7) is 1.78. The molecule has 1 aromatic rings. The van der Waals surface area contributed by atoms with Crippen LogP contribution in [0.15, 0.2) is 16.7 Å². The lowest BCUT2D eigenvalue weighted by Crippen LogP contribution is -2.20. The highest BCUT2D eigenvalue weighted by molar-refractivity contribution is 9.10. The smallest absolute Gasteiger partial charge is 0.232 e. The highest BCUT2D eigenvalue weighted by atomic mass is 79.9. The van der Waals surface area contributed by atoms with Crippen LogP contribution in [0.1, 0.15) is 12.0 Å². The molecule has 1 N–H and O–H groups in total. The molecule has 1 saturated heterocycles. The summed E-state index contributed by atoms with van der Waals surface area (Å²) in [5, 5.41) is 12.1. The second-order valence-corrected chi connectivity index (χ2v) is 4.27. The van der Waals surface area contributed by atoms with E-state index in [4.69, 9.17) is 10.00 Å². The fraction of sp³-hybridized carbons (Fsp3) is 0.400. The maximum atomic E-state index is 8.91. The van der Waals surface area contributed by atoms with Gasteiger partial charge in [0.05, 0.1) is 0 Å². The van der Waals surface area contributed by atoms with E-state index in [1.54, 1.807) is 12.3 Å². The van der Waals surface area contributed by atoms with Gasteiger partial charge in [0.1, 0.15) is 17.7 Å². The molecule has 0 unspecified atom stereocenters. The minimum Gasteiger partial charge on any atom is -0.472 e. The van der Waals surface area contributed by atoms with Gasteiger partial charge in [-0.25, -0.2) is 4.98 Å². The summed E-state index contributed by atoms with van der Waals surface area (Å²) in [6, 6.07) is 3.79. The maximum Gasteiger partial charge on any atom is 0.232 e. The first kappa shape index (κ1) is 10.4. The van der Waals surface area contributed by atoms with Crippen LogP contribution in [0.25, 0.3) is 0 Å². The van der Waals surface area contributed by atoms with Crippen LogP contribution < -0.4 is 10.1 Å². The Morgan fingerprint density at radius 3 is 3.20 bits per heavy atom. The van der Waals surface area contributed by atoms with E-state index in [1.807, 2.05) is 0 Å². The van der Waals surface area contributed by atoms with Gasteiger partial charge in [-0.2, -0.15) is 5.26 Å². The van der Waals surface area contributed by atoms with Gasteiger partial charge in [-0.3, -0.25) is 0 Å². The van der Waals surface area contributed by atoms with Crippen molar-refractivity contribution in [2.75, 3.05) is 13.1 Å². The molecule has 0 radical (unpaired) electrons. The summed E-state index contributed by atoms with van der Waals surface area (Å²) in [5.41, 5.74) is 0.469. The molecule has 2 rings (SSSR count). The van der Waals surface area contributed by atoms with Crippen molar-refractivity contribution in [3.05, 3.63) is 22.3 Å². The molecule has 2 heterocycles. The van der Waals surface area contributed by atoms with Crippen LogP contribution in [0.3, 0.4) is 0 Å². The Kier molecular flexibility index (Phi) is 3.19. The van der Waals surface area contributed by atoms with E-state index in [0.717, 1.165) is 24.0 Å². The zero-order valence-electron chi connectivity index (χ0n) is 8.03. The van der Waals surface area contributed by atoms with E-state index in [1.165, 1.54) is 0 Å². The Balaban J connectivity index is 2.16. The molecule has 1 aromatic heterocycles.